The number of halogens is 1. The Kier molecular flexibility index (Phi) is 3.22. The van der Waals surface area contributed by atoms with Gasteiger partial charge in [0.25, 0.3) is 0 Å². The van der Waals surface area contributed by atoms with Crippen LogP contribution >= 0.6 is 0 Å². The molecule has 0 saturated carbocycles. The number of benzene rings is 2. The Labute approximate surface area is 112 Å². The van der Waals surface area contributed by atoms with Crippen LogP contribution in [-0.4, -0.2) is 13.6 Å². The lowest BCUT2D eigenvalue weighted by Crippen LogP contribution is -2.18. The fourth-order valence-electron chi connectivity index (χ4n) is 2.63. The van der Waals surface area contributed by atoms with Crippen LogP contribution in [0.15, 0.2) is 42.5 Å². The fraction of sp³-hybridized carbons (Fsp3) is 0.250. The van der Waals surface area contributed by atoms with Crippen molar-refractivity contribution in [2.45, 2.75) is 12.3 Å². The Balaban J connectivity index is 2.10. The van der Waals surface area contributed by atoms with Gasteiger partial charge in [-0.25, -0.2) is 4.39 Å². The van der Waals surface area contributed by atoms with Gasteiger partial charge in [0.2, 0.25) is 0 Å². The number of hydrogen-bond donors (Lipinski definition) is 1. The highest BCUT2D eigenvalue weighted by molar-refractivity contribution is 5.47. The molecule has 1 aliphatic rings. The molecule has 0 bridgehead atoms. The Morgan fingerprint density at radius 1 is 1.21 bits per heavy atom. The van der Waals surface area contributed by atoms with Crippen LogP contribution in [0.25, 0.3) is 0 Å². The fourth-order valence-corrected chi connectivity index (χ4v) is 2.63. The van der Waals surface area contributed by atoms with Gasteiger partial charge in [0, 0.05) is 18.5 Å². The molecule has 3 heteroatoms. The van der Waals surface area contributed by atoms with E-state index in [-0.39, 0.29) is 5.82 Å². The summed E-state index contributed by atoms with van der Waals surface area (Å²) < 4.78 is 19.3. The minimum Gasteiger partial charge on any atom is -0.457 e. The van der Waals surface area contributed by atoms with Crippen LogP contribution < -0.4 is 10.1 Å². The van der Waals surface area contributed by atoms with E-state index in [0.29, 0.717) is 11.7 Å². The number of ether oxygens (including phenoxy) is 1. The molecule has 98 valence electrons. The van der Waals surface area contributed by atoms with E-state index in [9.17, 15) is 4.39 Å². The average molecular weight is 257 g/mol. The SMILES string of the molecule is CNCC1Cc2ccccc2Oc2cc(F)ccc21. The first kappa shape index (κ1) is 12.2. The molecule has 19 heavy (non-hydrogen) atoms. The summed E-state index contributed by atoms with van der Waals surface area (Å²) in [4.78, 5) is 0. The van der Waals surface area contributed by atoms with Crippen molar-refractivity contribution in [3.05, 3.63) is 59.4 Å². The third kappa shape index (κ3) is 2.34. The molecule has 1 atom stereocenters. The van der Waals surface area contributed by atoms with Gasteiger partial charge >= 0.3 is 0 Å². The standard InChI is InChI=1S/C16H16FNO/c1-18-10-12-8-11-4-2-3-5-15(11)19-16-9-13(17)6-7-14(12)16/h2-7,9,12,18H,8,10H2,1H3. The number of nitrogens with one attached hydrogen (secondary N) is 1. The number of para-hydroxylation sites is 1. The first-order valence-corrected chi connectivity index (χ1v) is 6.47. The summed E-state index contributed by atoms with van der Waals surface area (Å²) in [7, 11) is 1.93. The maximum Gasteiger partial charge on any atom is 0.133 e. The summed E-state index contributed by atoms with van der Waals surface area (Å²) in [5.41, 5.74) is 2.23. The van der Waals surface area contributed by atoms with Gasteiger partial charge in [-0.15, -0.1) is 0 Å². The lowest BCUT2D eigenvalue weighted by molar-refractivity contribution is 0.471. The molecule has 1 aliphatic heterocycles. The molecule has 0 aliphatic carbocycles. The lowest BCUT2D eigenvalue weighted by Gasteiger charge is -2.16. The van der Waals surface area contributed by atoms with Gasteiger partial charge in [0.1, 0.15) is 17.3 Å². The number of rotatable bonds is 2. The van der Waals surface area contributed by atoms with Crippen LogP contribution in [0.5, 0.6) is 11.5 Å². The second kappa shape index (κ2) is 5.02. The summed E-state index contributed by atoms with van der Waals surface area (Å²) in [5.74, 6) is 1.49. The Morgan fingerprint density at radius 3 is 2.89 bits per heavy atom. The third-order valence-corrected chi connectivity index (χ3v) is 3.52. The van der Waals surface area contributed by atoms with E-state index < -0.39 is 0 Å². The molecule has 2 nitrogen and oxygen atoms in total. The third-order valence-electron chi connectivity index (χ3n) is 3.52. The predicted molar refractivity (Wildman–Crippen MR) is 73.3 cm³/mol. The Bertz CT molecular complexity index is 597. The normalized spacial score (nSPS) is 17.1. The van der Waals surface area contributed by atoms with Crippen molar-refractivity contribution >= 4 is 0 Å². The smallest absolute Gasteiger partial charge is 0.133 e. The Morgan fingerprint density at radius 2 is 2.05 bits per heavy atom. The Hall–Kier alpha value is -1.87. The number of fused-ring (bicyclic) bond motifs is 2. The van der Waals surface area contributed by atoms with Crippen LogP contribution in [0.2, 0.25) is 0 Å². The monoisotopic (exact) mass is 257 g/mol. The summed E-state index contributed by atoms with van der Waals surface area (Å²) in [5, 5.41) is 3.20. The first-order chi connectivity index (χ1) is 9.28. The maximum atomic E-state index is 13.4. The van der Waals surface area contributed by atoms with Crippen molar-refractivity contribution in [2.24, 2.45) is 0 Å². The second-order valence-electron chi connectivity index (χ2n) is 4.85. The van der Waals surface area contributed by atoms with E-state index in [2.05, 4.69) is 11.4 Å². The van der Waals surface area contributed by atoms with Crippen molar-refractivity contribution in [2.75, 3.05) is 13.6 Å². The minimum atomic E-state index is -0.263. The molecule has 1 heterocycles. The average Bonchev–Trinajstić information content (AvgIpc) is 2.55. The molecule has 0 aromatic heterocycles. The van der Waals surface area contributed by atoms with Crippen LogP contribution in [0.4, 0.5) is 4.39 Å². The highest BCUT2D eigenvalue weighted by Gasteiger charge is 2.23. The quantitative estimate of drug-likeness (QED) is 0.889. The summed E-state index contributed by atoms with van der Waals surface area (Å²) in [6.45, 7) is 0.844. The molecule has 2 aromatic rings. The molecule has 1 unspecified atom stereocenters. The van der Waals surface area contributed by atoms with E-state index in [4.69, 9.17) is 4.74 Å². The van der Waals surface area contributed by atoms with Gasteiger partial charge < -0.3 is 10.1 Å². The van der Waals surface area contributed by atoms with Crippen molar-refractivity contribution in [3.63, 3.8) is 0 Å². The maximum absolute atomic E-state index is 13.4. The van der Waals surface area contributed by atoms with Crippen LogP contribution in [0.1, 0.15) is 17.0 Å². The highest BCUT2D eigenvalue weighted by atomic mass is 19.1. The van der Waals surface area contributed by atoms with E-state index >= 15 is 0 Å². The molecule has 0 radical (unpaired) electrons. The van der Waals surface area contributed by atoms with Gasteiger partial charge in [-0.05, 0) is 36.7 Å². The van der Waals surface area contributed by atoms with Gasteiger partial charge in [0.15, 0.2) is 0 Å². The molecular formula is C16H16FNO. The van der Waals surface area contributed by atoms with E-state index in [1.165, 1.54) is 17.7 Å². The number of hydrogen-bond acceptors (Lipinski definition) is 2. The molecule has 1 N–H and O–H groups in total. The highest BCUT2D eigenvalue weighted by Crippen LogP contribution is 2.39. The largest absolute Gasteiger partial charge is 0.457 e. The van der Waals surface area contributed by atoms with Crippen LogP contribution in [-0.2, 0) is 6.42 Å². The topological polar surface area (TPSA) is 21.3 Å². The van der Waals surface area contributed by atoms with Crippen molar-refractivity contribution in [3.8, 4) is 11.5 Å². The lowest BCUT2D eigenvalue weighted by atomic mass is 9.92. The van der Waals surface area contributed by atoms with E-state index in [1.807, 2.05) is 31.3 Å². The van der Waals surface area contributed by atoms with Gasteiger partial charge in [0.05, 0.1) is 0 Å². The molecule has 0 fully saturated rings. The zero-order chi connectivity index (χ0) is 13.2. The van der Waals surface area contributed by atoms with Crippen molar-refractivity contribution in [1.29, 1.82) is 0 Å². The van der Waals surface area contributed by atoms with Gasteiger partial charge in [-0.1, -0.05) is 24.3 Å². The number of likely N-dealkylation sites (N-methyl/N-ethyl adjacent to an activating group) is 1. The predicted octanol–water partition coefficient (Wildman–Crippen LogP) is 3.48. The zero-order valence-electron chi connectivity index (χ0n) is 10.8. The molecule has 3 rings (SSSR count). The van der Waals surface area contributed by atoms with Crippen molar-refractivity contribution in [1.82, 2.24) is 5.32 Å². The molecule has 0 amide bonds. The summed E-state index contributed by atoms with van der Waals surface area (Å²) in [6.07, 6.45) is 0.898. The molecule has 2 aromatic carbocycles. The van der Waals surface area contributed by atoms with Crippen LogP contribution in [0, 0.1) is 5.82 Å². The first-order valence-electron chi connectivity index (χ1n) is 6.47. The molecule has 0 spiro atoms. The van der Waals surface area contributed by atoms with E-state index in [0.717, 1.165) is 24.3 Å². The van der Waals surface area contributed by atoms with Crippen molar-refractivity contribution < 1.29 is 9.13 Å². The minimum absolute atomic E-state index is 0.263. The molecular weight excluding hydrogens is 241 g/mol. The van der Waals surface area contributed by atoms with Gasteiger partial charge in [-0.2, -0.15) is 0 Å². The summed E-state index contributed by atoms with van der Waals surface area (Å²) >= 11 is 0. The van der Waals surface area contributed by atoms with Crippen LogP contribution in [0.3, 0.4) is 0 Å². The molecule has 0 saturated heterocycles. The zero-order valence-corrected chi connectivity index (χ0v) is 10.8. The second-order valence-corrected chi connectivity index (χ2v) is 4.85. The van der Waals surface area contributed by atoms with E-state index in [1.54, 1.807) is 0 Å². The van der Waals surface area contributed by atoms with Gasteiger partial charge in [-0.3, -0.25) is 0 Å². The summed E-state index contributed by atoms with van der Waals surface area (Å²) in [6, 6.07) is 12.8.